The van der Waals surface area contributed by atoms with Gasteiger partial charge in [-0.25, -0.2) is 0 Å². The maximum absolute atomic E-state index is 11.5. The molecule has 0 bridgehead atoms. The number of anilines is 1. The van der Waals surface area contributed by atoms with E-state index in [4.69, 9.17) is 5.73 Å². The molecule has 2 rings (SSSR count). The zero-order valence-electron chi connectivity index (χ0n) is 10.9. The zero-order valence-corrected chi connectivity index (χ0v) is 10.9. The van der Waals surface area contributed by atoms with E-state index in [0.29, 0.717) is 0 Å². The van der Waals surface area contributed by atoms with Crippen molar-refractivity contribution < 1.29 is 9.90 Å². The molecular formula is C14H20N2O2. The van der Waals surface area contributed by atoms with Crippen molar-refractivity contribution >= 4 is 11.6 Å². The average Bonchev–Trinajstić information content (AvgIpc) is 2.36. The minimum atomic E-state index is -0.650. The van der Waals surface area contributed by atoms with Gasteiger partial charge < -0.3 is 15.7 Å². The fourth-order valence-electron chi connectivity index (χ4n) is 2.43. The summed E-state index contributed by atoms with van der Waals surface area (Å²) < 4.78 is 0. The molecule has 1 aromatic carbocycles. The van der Waals surface area contributed by atoms with Crippen LogP contribution in [0.15, 0.2) is 18.2 Å². The molecular weight excluding hydrogens is 228 g/mol. The molecule has 3 N–H and O–H groups in total. The molecule has 0 saturated heterocycles. The first-order valence-corrected chi connectivity index (χ1v) is 6.35. The Labute approximate surface area is 107 Å². The van der Waals surface area contributed by atoms with Gasteiger partial charge in [-0.1, -0.05) is 12.1 Å². The maximum Gasteiger partial charge on any atom is 0.223 e. The summed E-state index contributed by atoms with van der Waals surface area (Å²) in [5.41, 5.74) is 8.62. The Balaban J connectivity index is 2.35. The molecule has 1 aromatic rings. The summed E-state index contributed by atoms with van der Waals surface area (Å²) in [6, 6.07) is 5.44. The van der Waals surface area contributed by atoms with Gasteiger partial charge in [0.15, 0.2) is 0 Å². The fraction of sp³-hybridized carbons (Fsp3) is 0.500. The van der Waals surface area contributed by atoms with E-state index >= 15 is 0 Å². The van der Waals surface area contributed by atoms with Crippen LogP contribution in [0.2, 0.25) is 0 Å². The van der Waals surface area contributed by atoms with Crippen molar-refractivity contribution in [2.24, 2.45) is 5.73 Å². The Bertz CT molecular complexity index is 457. The second-order valence-electron chi connectivity index (χ2n) is 4.97. The number of rotatable bonds is 2. The maximum atomic E-state index is 11.5. The topological polar surface area (TPSA) is 66.6 Å². The first kappa shape index (κ1) is 13.1. The van der Waals surface area contributed by atoms with Crippen LogP contribution in [0, 0.1) is 0 Å². The number of carbonyl (C=O) groups is 1. The average molecular weight is 248 g/mol. The van der Waals surface area contributed by atoms with Gasteiger partial charge in [-0.3, -0.25) is 4.79 Å². The van der Waals surface area contributed by atoms with Crippen molar-refractivity contribution in [1.29, 1.82) is 0 Å². The number of nitrogens with zero attached hydrogens (tertiary/aromatic N) is 1. The molecule has 0 fully saturated rings. The van der Waals surface area contributed by atoms with Crippen LogP contribution in [0.3, 0.4) is 0 Å². The number of amides is 1. The lowest BCUT2D eigenvalue weighted by Gasteiger charge is -2.29. The highest BCUT2D eigenvalue weighted by Crippen LogP contribution is 2.30. The van der Waals surface area contributed by atoms with Crippen LogP contribution in [0.1, 0.15) is 37.5 Å². The summed E-state index contributed by atoms with van der Waals surface area (Å²) in [4.78, 5) is 13.3. The van der Waals surface area contributed by atoms with Gasteiger partial charge in [0.2, 0.25) is 5.91 Å². The second-order valence-corrected chi connectivity index (χ2v) is 4.97. The van der Waals surface area contributed by atoms with Crippen LogP contribution < -0.4 is 10.6 Å². The van der Waals surface area contributed by atoms with E-state index in [-0.39, 0.29) is 11.9 Å². The van der Waals surface area contributed by atoms with Gasteiger partial charge in [0, 0.05) is 25.2 Å². The number of aliphatic hydroxyl groups excluding tert-OH is 1. The molecule has 4 nitrogen and oxygen atoms in total. The molecule has 1 aliphatic rings. The number of aryl methyl sites for hydroxylation is 1. The Hall–Kier alpha value is -1.39. The van der Waals surface area contributed by atoms with E-state index in [2.05, 4.69) is 0 Å². The molecule has 2 atom stereocenters. The second kappa shape index (κ2) is 5.08. The van der Waals surface area contributed by atoms with Crippen LogP contribution >= 0.6 is 0 Å². The van der Waals surface area contributed by atoms with E-state index in [1.54, 1.807) is 18.7 Å². The van der Waals surface area contributed by atoms with Gasteiger partial charge in [0.25, 0.3) is 0 Å². The van der Waals surface area contributed by atoms with Crippen LogP contribution in [0.5, 0.6) is 0 Å². The first-order valence-electron chi connectivity index (χ1n) is 6.35. The lowest BCUT2D eigenvalue weighted by atomic mass is 9.95. The molecule has 0 aliphatic carbocycles. The monoisotopic (exact) mass is 248 g/mol. The third-order valence-corrected chi connectivity index (χ3v) is 3.44. The van der Waals surface area contributed by atoms with Gasteiger partial charge in [-0.2, -0.15) is 0 Å². The molecule has 1 amide bonds. The Kier molecular flexibility index (Phi) is 3.68. The number of benzene rings is 1. The van der Waals surface area contributed by atoms with Crippen molar-refractivity contribution in [3.63, 3.8) is 0 Å². The molecule has 0 saturated carbocycles. The molecule has 2 unspecified atom stereocenters. The predicted molar refractivity (Wildman–Crippen MR) is 71.4 cm³/mol. The molecule has 0 spiro atoms. The Morgan fingerprint density at radius 1 is 1.50 bits per heavy atom. The van der Waals surface area contributed by atoms with Crippen molar-refractivity contribution in [1.82, 2.24) is 0 Å². The minimum Gasteiger partial charge on any atom is -0.387 e. The number of nitrogens with two attached hydrogens (primary N) is 1. The third-order valence-electron chi connectivity index (χ3n) is 3.44. The normalized spacial score (nSPS) is 18.1. The van der Waals surface area contributed by atoms with Crippen LogP contribution in [-0.2, 0) is 11.2 Å². The third kappa shape index (κ3) is 2.40. The lowest BCUT2D eigenvalue weighted by Crippen LogP contribution is -2.33. The van der Waals surface area contributed by atoms with Crippen molar-refractivity contribution in [3.05, 3.63) is 29.3 Å². The minimum absolute atomic E-state index is 0.0661. The molecule has 98 valence electrons. The van der Waals surface area contributed by atoms with E-state index in [9.17, 15) is 9.90 Å². The van der Waals surface area contributed by atoms with Crippen molar-refractivity contribution in [3.8, 4) is 0 Å². The van der Waals surface area contributed by atoms with Crippen molar-refractivity contribution in [2.45, 2.75) is 38.8 Å². The summed E-state index contributed by atoms with van der Waals surface area (Å²) in [6.07, 6.45) is 1.26. The lowest BCUT2D eigenvalue weighted by molar-refractivity contribution is -0.116. The highest BCUT2D eigenvalue weighted by atomic mass is 16.3. The molecule has 4 heteroatoms. The zero-order chi connectivity index (χ0) is 13.3. The predicted octanol–water partition coefficient (Wildman–Crippen LogP) is 1.37. The van der Waals surface area contributed by atoms with Gasteiger partial charge in [0.1, 0.15) is 0 Å². The summed E-state index contributed by atoms with van der Waals surface area (Å²) >= 11 is 0. The number of hydrogen-bond acceptors (Lipinski definition) is 3. The number of fused-ring (bicyclic) bond motifs is 1. The van der Waals surface area contributed by atoms with Gasteiger partial charge in [-0.15, -0.1) is 0 Å². The highest BCUT2D eigenvalue weighted by Gasteiger charge is 2.21. The van der Waals surface area contributed by atoms with E-state index in [1.165, 1.54) is 0 Å². The van der Waals surface area contributed by atoms with E-state index in [0.717, 1.165) is 36.2 Å². The Morgan fingerprint density at radius 2 is 2.22 bits per heavy atom. The number of aliphatic hydroxyl groups is 1. The van der Waals surface area contributed by atoms with Crippen LogP contribution in [0.25, 0.3) is 0 Å². The largest absolute Gasteiger partial charge is 0.387 e. The quantitative estimate of drug-likeness (QED) is 0.830. The smallest absolute Gasteiger partial charge is 0.223 e. The van der Waals surface area contributed by atoms with Crippen LogP contribution in [0.4, 0.5) is 5.69 Å². The Morgan fingerprint density at radius 3 is 2.83 bits per heavy atom. The number of hydrogen-bond donors (Lipinski definition) is 2. The summed E-state index contributed by atoms with van der Waals surface area (Å²) in [5, 5.41) is 9.97. The van der Waals surface area contributed by atoms with E-state index in [1.807, 2.05) is 18.2 Å². The summed E-state index contributed by atoms with van der Waals surface area (Å²) in [7, 11) is 0. The SMILES string of the molecule is CC(=O)N1CCCc2cc(C(O)C(C)N)ccc21. The fourth-order valence-corrected chi connectivity index (χ4v) is 2.43. The molecule has 0 aromatic heterocycles. The van der Waals surface area contributed by atoms with Crippen molar-refractivity contribution in [2.75, 3.05) is 11.4 Å². The highest BCUT2D eigenvalue weighted by molar-refractivity contribution is 5.92. The van der Waals surface area contributed by atoms with Gasteiger partial charge in [0.05, 0.1) is 6.10 Å². The molecule has 1 heterocycles. The number of carbonyl (C=O) groups excluding carboxylic acids is 1. The summed E-state index contributed by atoms with van der Waals surface area (Å²) in [6.45, 7) is 4.14. The van der Waals surface area contributed by atoms with Gasteiger partial charge in [-0.05, 0) is 37.0 Å². The van der Waals surface area contributed by atoms with E-state index < -0.39 is 6.10 Å². The van der Waals surface area contributed by atoms with Gasteiger partial charge >= 0.3 is 0 Å². The molecule has 1 aliphatic heterocycles. The molecule has 0 radical (unpaired) electrons. The summed E-state index contributed by atoms with van der Waals surface area (Å²) in [5.74, 6) is 0.0661. The first-order chi connectivity index (χ1) is 8.50. The standard InChI is InChI=1S/C14H20N2O2/c1-9(15)14(18)12-5-6-13-11(8-12)4-3-7-16(13)10(2)17/h5-6,8-9,14,18H,3-4,7,15H2,1-2H3. The van der Waals surface area contributed by atoms with Crippen LogP contribution in [-0.4, -0.2) is 23.6 Å². The molecule has 18 heavy (non-hydrogen) atoms.